The van der Waals surface area contributed by atoms with Crippen molar-refractivity contribution in [3.05, 3.63) is 71.9 Å². The second-order valence-electron chi connectivity index (χ2n) is 10.8. The number of amides is 3. The van der Waals surface area contributed by atoms with Crippen LogP contribution in [0.1, 0.15) is 48.2 Å². The molecule has 4 N–H and O–H groups in total. The molecule has 1 saturated carbocycles. The minimum atomic E-state index is -1.06. The molecule has 3 aromatic rings. The van der Waals surface area contributed by atoms with Crippen LogP contribution < -0.4 is 16.0 Å². The number of hydrogen-bond acceptors (Lipinski definition) is 5. The second-order valence-corrected chi connectivity index (χ2v) is 10.8. The predicted molar refractivity (Wildman–Crippen MR) is 154 cm³/mol. The number of para-hydroxylation sites is 1. The second kappa shape index (κ2) is 13.1. The molecule has 212 valence electrons. The summed E-state index contributed by atoms with van der Waals surface area (Å²) in [5.74, 6) is -0.839. The normalized spacial score (nSPS) is 17.8. The lowest BCUT2D eigenvalue weighted by atomic mass is 9.94. The molecule has 2 fully saturated rings. The van der Waals surface area contributed by atoms with Gasteiger partial charge in [-0.1, -0.05) is 61.4 Å². The zero-order valence-corrected chi connectivity index (χ0v) is 22.9. The Morgan fingerprint density at radius 1 is 0.975 bits per heavy atom. The molecule has 5 rings (SSSR count). The van der Waals surface area contributed by atoms with Crippen molar-refractivity contribution in [2.75, 3.05) is 39.4 Å². The van der Waals surface area contributed by atoms with Gasteiger partial charge in [-0.3, -0.25) is 19.3 Å². The molecule has 9 heteroatoms. The summed E-state index contributed by atoms with van der Waals surface area (Å²) in [6, 6.07) is 18.4. The molecule has 2 aromatic carbocycles. The molecular formula is C31H39N5O4. The van der Waals surface area contributed by atoms with Gasteiger partial charge in [-0.2, -0.15) is 0 Å². The predicted octanol–water partition coefficient (Wildman–Crippen LogP) is 2.78. The number of rotatable bonds is 11. The summed E-state index contributed by atoms with van der Waals surface area (Å²) >= 11 is 0. The molecule has 1 aliphatic heterocycles. The molecule has 2 heterocycles. The Bertz CT molecular complexity index is 1260. The first kappa shape index (κ1) is 27.9. The number of aromatic amines is 1. The zero-order valence-electron chi connectivity index (χ0n) is 22.9. The number of aromatic nitrogens is 1. The van der Waals surface area contributed by atoms with Crippen molar-refractivity contribution >= 4 is 28.6 Å². The van der Waals surface area contributed by atoms with Gasteiger partial charge in [-0.25, -0.2) is 0 Å². The van der Waals surface area contributed by atoms with Crippen molar-refractivity contribution in [2.45, 2.75) is 50.1 Å². The lowest BCUT2D eigenvalue weighted by Crippen LogP contribution is -2.61. The molecule has 0 spiro atoms. The fourth-order valence-electron chi connectivity index (χ4n) is 5.69. The number of ether oxygens (including phenoxy) is 1. The molecule has 2 aliphatic rings. The van der Waals surface area contributed by atoms with E-state index in [1.54, 1.807) is 6.07 Å². The number of nitrogens with zero attached hydrogens (tertiary/aromatic N) is 1. The van der Waals surface area contributed by atoms with Crippen LogP contribution in [-0.4, -0.2) is 78.6 Å². The SMILES string of the molecule is O=C(NC1(C(=O)N[C@H](Cc2ccccc2)C(=O)NCCCN2CCOCC2)CCCC1)c1cc2ccccc2[nH]1. The van der Waals surface area contributed by atoms with E-state index in [1.165, 1.54) is 0 Å². The van der Waals surface area contributed by atoms with Crippen LogP contribution in [0.15, 0.2) is 60.7 Å². The lowest BCUT2D eigenvalue weighted by molar-refractivity contribution is -0.132. The molecular weight excluding hydrogens is 506 g/mol. The van der Waals surface area contributed by atoms with Crippen LogP contribution in [0.25, 0.3) is 10.9 Å². The highest BCUT2D eigenvalue weighted by atomic mass is 16.5. The summed E-state index contributed by atoms with van der Waals surface area (Å²) in [6.07, 6.45) is 3.92. The fraction of sp³-hybridized carbons (Fsp3) is 0.452. The van der Waals surface area contributed by atoms with Gasteiger partial charge in [-0.05, 0) is 43.5 Å². The quantitative estimate of drug-likeness (QED) is 0.277. The summed E-state index contributed by atoms with van der Waals surface area (Å²) in [5, 5.41) is 10.0. The Kier molecular flexibility index (Phi) is 9.13. The molecule has 0 radical (unpaired) electrons. The zero-order chi connectivity index (χ0) is 27.8. The molecule has 9 nitrogen and oxygen atoms in total. The van der Waals surface area contributed by atoms with Crippen molar-refractivity contribution in [2.24, 2.45) is 0 Å². The van der Waals surface area contributed by atoms with Gasteiger partial charge in [0.25, 0.3) is 5.91 Å². The Labute approximate surface area is 235 Å². The monoisotopic (exact) mass is 545 g/mol. The van der Waals surface area contributed by atoms with E-state index in [4.69, 9.17) is 4.74 Å². The maximum Gasteiger partial charge on any atom is 0.268 e. The van der Waals surface area contributed by atoms with E-state index in [0.717, 1.165) is 68.6 Å². The third-order valence-electron chi connectivity index (χ3n) is 7.98. The number of H-pyrrole nitrogens is 1. The molecule has 0 unspecified atom stereocenters. The van der Waals surface area contributed by atoms with Crippen LogP contribution in [0.4, 0.5) is 0 Å². The van der Waals surface area contributed by atoms with Crippen molar-refractivity contribution in [3.8, 4) is 0 Å². The summed E-state index contributed by atoms with van der Waals surface area (Å²) in [5.41, 5.74) is 1.18. The van der Waals surface area contributed by atoms with Crippen molar-refractivity contribution in [1.29, 1.82) is 0 Å². The summed E-state index contributed by atoms with van der Waals surface area (Å²) < 4.78 is 5.40. The van der Waals surface area contributed by atoms with Gasteiger partial charge >= 0.3 is 0 Å². The third-order valence-corrected chi connectivity index (χ3v) is 7.98. The van der Waals surface area contributed by atoms with E-state index in [1.807, 2.05) is 54.6 Å². The maximum atomic E-state index is 13.8. The van der Waals surface area contributed by atoms with Crippen LogP contribution in [0.5, 0.6) is 0 Å². The minimum absolute atomic E-state index is 0.214. The van der Waals surface area contributed by atoms with Crippen LogP contribution >= 0.6 is 0 Å². The molecule has 1 aliphatic carbocycles. The summed E-state index contributed by atoms with van der Waals surface area (Å²) in [4.78, 5) is 45.9. The van der Waals surface area contributed by atoms with E-state index >= 15 is 0 Å². The highest BCUT2D eigenvalue weighted by molar-refractivity contribution is 6.02. The topological polar surface area (TPSA) is 116 Å². The average Bonchev–Trinajstić information content (AvgIpc) is 3.64. The molecule has 3 amide bonds. The molecule has 1 saturated heterocycles. The van der Waals surface area contributed by atoms with Gasteiger partial charge in [0.15, 0.2) is 0 Å². The van der Waals surface area contributed by atoms with Crippen molar-refractivity contribution < 1.29 is 19.1 Å². The van der Waals surface area contributed by atoms with Gasteiger partial charge in [0.05, 0.1) is 13.2 Å². The van der Waals surface area contributed by atoms with Crippen LogP contribution in [0.2, 0.25) is 0 Å². The van der Waals surface area contributed by atoms with Crippen LogP contribution in [0, 0.1) is 0 Å². The first-order chi connectivity index (χ1) is 19.5. The number of nitrogens with one attached hydrogen (secondary N) is 4. The van der Waals surface area contributed by atoms with E-state index in [0.29, 0.717) is 31.5 Å². The van der Waals surface area contributed by atoms with Gasteiger partial charge < -0.3 is 25.7 Å². The number of carbonyl (C=O) groups excluding carboxylic acids is 3. The molecule has 1 aromatic heterocycles. The number of carbonyl (C=O) groups is 3. The van der Waals surface area contributed by atoms with Crippen molar-refractivity contribution in [3.63, 3.8) is 0 Å². The van der Waals surface area contributed by atoms with E-state index in [2.05, 4.69) is 25.8 Å². The Balaban J connectivity index is 1.25. The first-order valence-electron chi connectivity index (χ1n) is 14.4. The van der Waals surface area contributed by atoms with E-state index in [9.17, 15) is 14.4 Å². The van der Waals surface area contributed by atoms with E-state index < -0.39 is 11.6 Å². The van der Waals surface area contributed by atoms with Crippen LogP contribution in [0.3, 0.4) is 0 Å². The largest absolute Gasteiger partial charge is 0.379 e. The third kappa shape index (κ3) is 6.89. The first-order valence-corrected chi connectivity index (χ1v) is 14.4. The van der Waals surface area contributed by atoms with Gasteiger partial charge in [0, 0.05) is 37.0 Å². The Morgan fingerprint density at radius 2 is 1.70 bits per heavy atom. The minimum Gasteiger partial charge on any atom is -0.379 e. The summed E-state index contributed by atoms with van der Waals surface area (Å²) in [6.45, 7) is 4.73. The lowest BCUT2D eigenvalue weighted by Gasteiger charge is -2.31. The average molecular weight is 546 g/mol. The summed E-state index contributed by atoms with van der Waals surface area (Å²) in [7, 11) is 0. The number of morpholine rings is 1. The van der Waals surface area contributed by atoms with Crippen molar-refractivity contribution in [1.82, 2.24) is 25.8 Å². The van der Waals surface area contributed by atoms with Gasteiger partial charge in [0.1, 0.15) is 17.3 Å². The molecule has 0 bridgehead atoms. The number of fused-ring (bicyclic) bond motifs is 1. The Morgan fingerprint density at radius 3 is 2.45 bits per heavy atom. The molecule has 1 atom stereocenters. The van der Waals surface area contributed by atoms with Crippen LogP contribution in [-0.2, 0) is 20.7 Å². The van der Waals surface area contributed by atoms with E-state index in [-0.39, 0.29) is 17.7 Å². The highest BCUT2D eigenvalue weighted by Gasteiger charge is 2.44. The molecule has 40 heavy (non-hydrogen) atoms. The van der Waals surface area contributed by atoms with Gasteiger partial charge in [-0.15, -0.1) is 0 Å². The maximum absolute atomic E-state index is 13.8. The van der Waals surface area contributed by atoms with Gasteiger partial charge in [0.2, 0.25) is 11.8 Å². The number of hydrogen-bond donors (Lipinski definition) is 4. The fourth-order valence-corrected chi connectivity index (χ4v) is 5.69. The number of benzene rings is 2. The highest BCUT2D eigenvalue weighted by Crippen LogP contribution is 2.31. The standard InChI is InChI=1S/C31H39N5O4/c37-28(32-15-8-16-36-17-19-40-20-18-36)26(21-23-9-2-1-3-10-23)34-30(39)31(13-6-7-14-31)35-29(38)27-22-24-11-4-5-12-25(24)33-27/h1-5,9-12,22,26,33H,6-8,13-21H2,(H,32,37)(H,34,39)(H,35,38)/t26-/m1/s1. The smallest absolute Gasteiger partial charge is 0.268 e. The Hall–Kier alpha value is -3.69.